The van der Waals surface area contributed by atoms with Crippen LogP contribution in [0.25, 0.3) is 22.2 Å². The van der Waals surface area contributed by atoms with Crippen molar-refractivity contribution in [3.8, 4) is 28.4 Å². The van der Waals surface area contributed by atoms with E-state index in [4.69, 9.17) is 14.2 Å². The van der Waals surface area contributed by atoms with Crippen LogP contribution in [0, 0.1) is 5.92 Å². The van der Waals surface area contributed by atoms with Crippen LogP contribution in [0.5, 0.6) is 17.2 Å². The molecular weight excluding hydrogens is 598 g/mol. The number of carbonyl (C=O) groups excluding carboxylic acids is 2. The van der Waals surface area contributed by atoms with Crippen LogP contribution in [0.3, 0.4) is 0 Å². The second-order valence-corrected chi connectivity index (χ2v) is 11.9. The van der Waals surface area contributed by atoms with E-state index in [0.717, 1.165) is 28.0 Å². The molecule has 1 aromatic heterocycles. The van der Waals surface area contributed by atoms with E-state index in [2.05, 4.69) is 20.9 Å². The minimum atomic E-state index is -0.693. The molecule has 11 nitrogen and oxygen atoms in total. The second kappa shape index (κ2) is 14.1. The molecule has 0 aliphatic heterocycles. The minimum absolute atomic E-state index is 0.0946. The van der Waals surface area contributed by atoms with E-state index in [0.29, 0.717) is 47.6 Å². The lowest BCUT2D eigenvalue weighted by atomic mass is 9.95. The Hall–Kier alpha value is -5.06. The minimum Gasteiger partial charge on any atom is -0.493 e. The number of methoxy groups -OCH3 is 3. The molecule has 0 radical (unpaired) electrons. The first-order valence-corrected chi connectivity index (χ1v) is 15.8. The molecule has 0 fully saturated rings. The number of amides is 2. The average molecular weight is 642 g/mol. The molecule has 248 valence electrons. The zero-order valence-corrected chi connectivity index (χ0v) is 28.0. The van der Waals surface area contributed by atoms with Crippen LogP contribution in [0.15, 0.2) is 53.3 Å². The molecule has 0 saturated carbocycles. The Morgan fingerprint density at radius 1 is 1.04 bits per heavy atom. The van der Waals surface area contributed by atoms with Gasteiger partial charge in [0.1, 0.15) is 11.9 Å². The molecule has 5 rings (SSSR count). The van der Waals surface area contributed by atoms with E-state index in [1.54, 1.807) is 33.5 Å². The Balaban J connectivity index is 1.55. The predicted molar refractivity (Wildman–Crippen MR) is 182 cm³/mol. The van der Waals surface area contributed by atoms with E-state index in [9.17, 15) is 14.4 Å². The molecule has 1 heterocycles. The van der Waals surface area contributed by atoms with Crippen molar-refractivity contribution < 1.29 is 23.8 Å². The summed E-state index contributed by atoms with van der Waals surface area (Å²) in [6.07, 6.45) is 1.85. The fourth-order valence-corrected chi connectivity index (χ4v) is 6.33. The number of imidazole rings is 1. The third kappa shape index (κ3) is 6.61. The summed E-state index contributed by atoms with van der Waals surface area (Å²) in [6, 6.07) is 13.7. The summed E-state index contributed by atoms with van der Waals surface area (Å²) in [5, 5.41) is 9.33. The lowest BCUT2D eigenvalue weighted by Crippen LogP contribution is -2.44. The first kappa shape index (κ1) is 33.3. The van der Waals surface area contributed by atoms with E-state index in [-0.39, 0.29) is 35.4 Å². The lowest BCUT2D eigenvalue weighted by Gasteiger charge is -2.24. The van der Waals surface area contributed by atoms with Gasteiger partial charge in [-0.1, -0.05) is 38.5 Å². The maximum absolute atomic E-state index is 13.9. The van der Waals surface area contributed by atoms with Gasteiger partial charge < -0.3 is 34.7 Å². The van der Waals surface area contributed by atoms with Crippen LogP contribution in [0.4, 0.5) is 5.69 Å². The number of ether oxygens (including phenoxy) is 3. The average Bonchev–Trinajstić information content (AvgIpc) is 3.20. The van der Waals surface area contributed by atoms with Crippen molar-refractivity contribution in [3.63, 3.8) is 0 Å². The standard InChI is InChI=1S/C36H43N5O6/c1-8-20(2)33(36(44)37-19-31-39-26-11-9-10-12-28(26)41(31)4)40-27-16-14-23-24(18-29(27)43)25(38-21(3)42)15-13-22-17-30(45-5)34(46-6)35(47-7)32(22)23/h9-12,14,16-18,20,25,33H,8,13,15,19H2,1-7H3,(H,37,44)(H,38,42)(H,40,43)/t20-,25+,33+/m0/s1. The molecule has 4 aromatic rings. The van der Waals surface area contributed by atoms with Gasteiger partial charge in [0, 0.05) is 19.5 Å². The van der Waals surface area contributed by atoms with Gasteiger partial charge in [-0.3, -0.25) is 14.4 Å². The molecule has 3 N–H and O–H groups in total. The number of anilines is 1. The van der Waals surface area contributed by atoms with Crippen molar-refractivity contribution in [1.29, 1.82) is 0 Å². The first-order chi connectivity index (χ1) is 22.6. The number of fused-ring (bicyclic) bond motifs is 4. The number of rotatable bonds is 11. The Labute approximate surface area is 274 Å². The summed E-state index contributed by atoms with van der Waals surface area (Å²) in [5.74, 6) is 1.61. The molecule has 0 bridgehead atoms. The van der Waals surface area contributed by atoms with Gasteiger partial charge in [0.25, 0.3) is 0 Å². The van der Waals surface area contributed by atoms with Gasteiger partial charge in [0.05, 0.1) is 50.6 Å². The highest BCUT2D eigenvalue weighted by molar-refractivity contribution is 5.86. The Morgan fingerprint density at radius 3 is 2.45 bits per heavy atom. The molecule has 0 unspecified atom stereocenters. The molecule has 3 aromatic carbocycles. The van der Waals surface area contributed by atoms with Crippen molar-refractivity contribution in [3.05, 3.63) is 75.7 Å². The fraction of sp³-hybridized carbons (Fsp3) is 0.389. The third-order valence-electron chi connectivity index (χ3n) is 9.02. The number of nitrogens with zero attached hydrogens (tertiary/aromatic N) is 2. The highest BCUT2D eigenvalue weighted by Crippen LogP contribution is 2.50. The fourth-order valence-electron chi connectivity index (χ4n) is 6.33. The molecule has 3 atom stereocenters. The summed E-state index contributed by atoms with van der Waals surface area (Å²) >= 11 is 0. The van der Waals surface area contributed by atoms with Gasteiger partial charge in [0.15, 0.2) is 11.5 Å². The van der Waals surface area contributed by atoms with E-state index < -0.39 is 12.1 Å². The maximum atomic E-state index is 13.9. The van der Waals surface area contributed by atoms with Crippen molar-refractivity contribution in [1.82, 2.24) is 20.2 Å². The quantitative estimate of drug-likeness (QED) is 0.211. The van der Waals surface area contributed by atoms with Crippen molar-refractivity contribution in [2.75, 3.05) is 26.6 Å². The molecule has 1 aliphatic rings. The highest BCUT2D eigenvalue weighted by Gasteiger charge is 2.30. The van der Waals surface area contributed by atoms with E-state index >= 15 is 0 Å². The summed E-state index contributed by atoms with van der Waals surface area (Å²) in [4.78, 5) is 44.6. The van der Waals surface area contributed by atoms with Gasteiger partial charge in [0.2, 0.25) is 23.0 Å². The van der Waals surface area contributed by atoms with Gasteiger partial charge >= 0.3 is 0 Å². The summed E-state index contributed by atoms with van der Waals surface area (Å²) in [6.45, 7) is 5.68. The van der Waals surface area contributed by atoms with Crippen molar-refractivity contribution in [2.45, 2.75) is 58.7 Å². The number of para-hydroxylation sites is 2. The van der Waals surface area contributed by atoms with E-state index in [1.165, 1.54) is 6.92 Å². The summed E-state index contributed by atoms with van der Waals surface area (Å²) < 4.78 is 19.2. The zero-order chi connectivity index (χ0) is 33.8. The van der Waals surface area contributed by atoms with Crippen LogP contribution in [0.2, 0.25) is 0 Å². The number of aryl methyl sites for hydroxylation is 2. The molecular formula is C36H43N5O6. The summed E-state index contributed by atoms with van der Waals surface area (Å²) in [5.41, 5.74) is 4.85. The highest BCUT2D eigenvalue weighted by atomic mass is 16.5. The van der Waals surface area contributed by atoms with Crippen LogP contribution in [0.1, 0.15) is 56.6 Å². The normalized spacial score (nSPS) is 15.0. The lowest BCUT2D eigenvalue weighted by molar-refractivity contribution is -0.123. The number of benzene rings is 2. The Bertz CT molecular complexity index is 1870. The molecule has 47 heavy (non-hydrogen) atoms. The molecule has 1 aliphatic carbocycles. The Morgan fingerprint density at radius 2 is 1.79 bits per heavy atom. The van der Waals surface area contributed by atoms with Crippen molar-refractivity contribution >= 4 is 28.5 Å². The van der Waals surface area contributed by atoms with E-state index in [1.807, 2.05) is 61.9 Å². The predicted octanol–water partition coefficient (Wildman–Crippen LogP) is 4.89. The zero-order valence-electron chi connectivity index (χ0n) is 28.0. The number of carbonyl (C=O) groups is 2. The maximum Gasteiger partial charge on any atom is 0.243 e. The number of aromatic nitrogens is 2. The van der Waals surface area contributed by atoms with Crippen molar-refractivity contribution in [2.24, 2.45) is 13.0 Å². The topological polar surface area (TPSA) is 133 Å². The summed E-state index contributed by atoms with van der Waals surface area (Å²) in [7, 11) is 6.60. The number of nitrogens with one attached hydrogen (secondary N) is 3. The van der Waals surface area contributed by atoms with Gasteiger partial charge in [-0.2, -0.15) is 0 Å². The van der Waals surface area contributed by atoms with Gasteiger partial charge in [-0.25, -0.2) is 4.98 Å². The first-order valence-electron chi connectivity index (χ1n) is 15.8. The Kier molecular flexibility index (Phi) is 10.0. The molecule has 0 spiro atoms. The molecule has 0 saturated heterocycles. The number of hydrogen-bond acceptors (Lipinski definition) is 8. The smallest absolute Gasteiger partial charge is 0.243 e. The SMILES string of the molecule is CC[C@H](C)[C@@H](Nc1ccc2c(cc1=O)[C@H](NC(C)=O)CCc1cc(OC)c(OC)c(OC)c1-2)C(=O)NCc1nc2ccccc2n1C. The number of hydrogen-bond donors (Lipinski definition) is 3. The van der Waals surface area contributed by atoms with Crippen LogP contribution in [-0.2, 0) is 29.6 Å². The monoisotopic (exact) mass is 641 g/mol. The van der Waals surface area contributed by atoms with Crippen LogP contribution < -0.4 is 35.6 Å². The van der Waals surface area contributed by atoms with Gasteiger partial charge in [-0.05, 0) is 65.8 Å². The van der Waals surface area contributed by atoms with Gasteiger partial charge in [-0.15, -0.1) is 0 Å². The second-order valence-electron chi connectivity index (χ2n) is 11.9. The third-order valence-corrected chi connectivity index (χ3v) is 9.02. The molecule has 2 amide bonds. The van der Waals surface area contributed by atoms with Crippen LogP contribution >= 0.6 is 0 Å². The van der Waals surface area contributed by atoms with Crippen LogP contribution in [-0.4, -0.2) is 48.7 Å². The molecule has 11 heteroatoms. The largest absolute Gasteiger partial charge is 0.493 e.